The minimum atomic E-state index is -3.79. The fraction of sp³-hybridized carbons (Fsp3) is 0.133. The molecule has 0 aromatic heterocycles. The maximum Gasteiger partial charge on any atom is 0.265 e. The van der Waals surface area contributed by atoms with Gasteiger partial charge in [-0.05, 0) is 43.3 Å². The van der Waals surface area contributed by atoms with Crippen molar-refractivity contribution in [1.82, 2.24) is 0 Å². The minimum Gasteiger partial charge on any atom is -0.399 e. The van der Waals surface area contributed by atoms with Crippen LogP contribution < -0.4 is 10.0 Å². The lowest BCUT2D eigenvalue weighted by molar-refractivity contribution is 0.591. The highest BCUT2D eigenvalue weighted by molar-refractivity contribution is 7.92. The predicted octanol–water partition coefficient (Wildman–Crippen LogP) is 2.36. The van der Waals surface area contributed by atoms with Crippen LogP contribution in [0.2, 0.25) is 0 Å². The Morgan fingerprint density at radius 2 is 1.76 bits per heavy atom. The summed E-state index contributed by atoms with van der Waals surface area (Å²) in [4.78, 5) is 0.00572. The van der Waals surface area contributed by atoms with Crippen LogP contribution in [-0.2, 0) is 10.0 Å². The Hall–Kier alpha value is -2.52. The highest BCUT2D eigenvalue weighted by Crippen LogP contribution is 2.26. The molecule has 2 N–H and O–H groups in total. The van der Waals surface area contributed by atoms with Crippen LogP contribution in [0.4, 0.5) is 11.4 Å². The van der Waals surface area contributed by atoms with Gasteiger partial charge in [0.05, 0.1) is 11.3 Å². The Morgan fingerprint density at radius 1 is 1.14 bits per heavy atom. The van der Waals surface area contributed by atoms with E-state index in [0.717, 1.165) is 0 Å². The number of sulfonamides is 1. The van der Waals surface area contributed by atoms with Gasteiger partial charge < -0.3 is 5.73 Å². The van der Waals surface area contributed by atoms with Gasteiger partial charge in [-0.1, -0.05) is 12.1 Å². The van der Waals surface area contributed by atoms with Crippen LogP contribution in [0.5, 0.6) is 0 Å². The molecule has 0 aliphatic heterocycles. The van der Waals surface area contributed by atoms with Gasteiger partial charge in [-0.3, -0.25) is 4.31 Å². The standard InChI is InChI=1S/C15H15N3O2S/c1-2-18(14-9-7-13(17)8-10-14)21(19,20)15-6-4-3-5-12(15)11-16/h3-10H,2,17H2,1H3. The van der Waals surface area contributed by atoms with Crippen molar-refractivity contribution in [1.29, 1.82) is 5.26 Å². The predicted molar refractivity (Wildman–Crippen MR) is 82.2 cm³/mol. The van der Waals surface area contributed by atoms with E-state index in [1.165, 1.54) is 16.4 Å². The van der Waals surface area contributed by atoms with Crippen molar-refractivity contribution >= 4 is 21.4 Å². The summed E-state index contributed by atoms with van der Waals surface area (Å²) in [5.41, 5.74) is 6.83. The van der Waals surface area contributed by atoms with E-state index in [-0.39, 0.29) is 17.0 Å². The Labute approximate surface area is 124 Å². The number of hydrogen-bond donors (Lipinski definition) is 1. The highest BCUT2D eigenvalue weighted by atomic mass is 32.2. The fourth-order valence-electron chi connectivity index (χ4n) is 2.03. The second-order valence-electron chi connectivity index (χ2n) is 4.37. The number of nitrogen functional groups attached to an aromatic ring is 1. The van der Waals surface area contributed by atoms with Crippen LogP contribution in [0.25, 0.3) is 0 Å². The Morgan fingerprint density at radius 3 is 2.33 bits per heavy atom. The van der Waals surface area contributed by atoms with Gasteiger partial charge in [-0.2, -0.15) is 5.26 Å². The first kappa shape index (κ1) is 14.9. The van der Waals surface area contributed by atoms with Crippen molar-refractivity contribution in [2.75, 3.05) is 16.6 Å². The molecular formula is C15H15N3O2S. The number of rotatable bonds is 4. The Bertz CT molecular complexity index is 777. The topological polar surface area (TPSA) is 87.2 Å². The zero-order chi connectivity index (χ0) is 15.5. The molecule has 0 fully saturated rings. The maximum atomic E-state index is 12.8. The quantitative estimate of drug-likeness (QED) is 0.878. The number of hydrogen-bond acceptors (Lipinski definition) is 4. The van der Waals surface area contributed by atoms with Crippen molar-refractivity contribution in [3.63, 3.8) is 0 Å². The van der Waals surface area contributed by atoms with Crippen molar-refractivity contribution in [3.05, 3.63) is 54.1 Å². The molecular weight excluding hydrogens is 286 g/mol. The van der Waals surface area contributed by atoms with E-state index < -0.39 is 10.0 Å². The molecule has 108 valence electrons. The molecule has 21 heavy (non-hydrogen) atoms. The SMILES string of the molecule is CCN(c1ccc(N)cc1)S(=O)(=O)c1ccccc1C#N. The van der Waals surface area contributed by atoms with Crippen LogP contribution in [0.1, 0.15) is 12.5 Å². The number of nitrogens with zero attached hydrogens (tertiary/aromatic N) is 2. The van der Waals surface area contributed by atoms with Gasteiger partial charge in [0.1, 0.15) is 11.0 Å². The van der Waals surface area contributed by atoms with Gasteiger partial charge in [-0.25, -0.2) is 8.42 Å². The summed E-state index contributed by atoms with van der Waals surface area (Å²) in [6, 6.07) is 14.7. The molecule has 2 aromatic rings. The third kappa shape index (κ3) is 2.83. The first-order valence-corrected chi connectivity index (χ1v) is 7.82. The molecule has 0 radical (unpaired) electrons. The highest BCUT2D eigenvalue weighted by Gasteiger charge is 2.26. The summed E-state index contributed by atoms with van der Waals surface area (Å²) in [5.74, 6) is 0. The van der Waals surface area contributed by atoms with Gasteiger partial charge in [0.2, 0.25) is 0 Å². The molecule has 0 bridgehead atoms. The van der Waals surface area contributed by atoms with E-state index in [1.54, 1.807) is 43.3 Å². The number of benzene rings is 2. The van der Waals surface area contributed by atoms with Crippen molar-refractivity contribution in [3.8, 4) is 6.07 Å². The average molecular weight is 301 g/mol. The summed E-state index contributed by atoms with van der Waals surface area (Å²) in [5, 5.41) is 9.09. The zero-order valence-electron chi connectivity index (χ0n) is 11.5. The number of nitrogens with two attached hydrogens (primary N) is 1. The Kier molecular flexibility index (Phi) is 4.15. The molecule has 5 nitrogen and oxygen atoms in total. The van der Waals surface area contributed by atoms with Crippen LogP contribution >= 0.6 is 0 Å². The summed E-state index contributed by atoms with van der Waals surface area (Å²) >= 11 is 0. The smallest absolute Gasteiger partial charge is 0.265 e. The van der Waals surface area contributed by atoms with Crippen LogP contribution in [-0.4, -0.2) is 15.0 Å². The van der Waals surface area contributed by atoms with Crippen molar-refractivity contribution in [2.24, 2.45) is 0 Å². The number of anilines is 2. The second-order valence-corrected chi connectivity index (χ2v) is 6.20. The lowest BCUT2D eigenvalue weighted by Crippen LogP contribution is -2.31. The molecule has 0 heterocycles. The maximum absolute atomic E-state index is 12.8. The molecule has 0 spiro atoms. The first-order chi connectivity index (χ1) is 10.0. The fourth-order valence-corrected chi connectivity index (χ4v) is 3.65. The molecule has 0 amide bonds. The normalized spacial score (nSPS) is 10.9. The van der Waals surface area contributed by atoms with Gasteiger partial charge in [0.15, 0.2) is 0 Å². The summed E-state index contributed by atoms with van der Waals surface area (Å²) in [6.07, 6.45) is 0. The lowest BCUT2D eigenvalue weighted by atomic mass is 10.2. The zero-order valence-corrected chi connectivity index (χ0v) is 12.3. The minimum absolute atomic E-state index is 0.00572. The van der Waals surface area contributed by atoms with E-state index in [0.29, 0.717) is 11.4 Å². The molecule has 6 heteroatoms. The molecule has 0 unspecified atom stereocenters. The molecule has 0 saturated heterocycles. The van der Waals surface area contributed by atoms with Gasteiger partial charge in [-0.15, -0.1) is 0 Å². The van der Waals surface area contributed by atoms with E-state index in [9.17, 15) is 8.42 Å². The summed E-state index contributed by atoms with van der Waals surface area (Å²) in [7, 11) is -3.79. The second kappa shape index (κ2) is 5.85. The molecule has 0 atom stereocenters. The largest absolute Gasteiger partial charge is 0.399 e. The van der Waals surface area contributed by atoms with Crippen LogP contribution in [0.15, 0.2) is 53.4 Å². The molecule has 2 rings (SSSR count). The van der Waals surface area contributed by atoms with Crippen LogP contribution in [0.3, 0.4) is 0 Å². The van der Waals surface area contributed by atoms with E-state index >= 15 is 0 Å². The Balaban J connectivity index is 2.55. The third-order valence-electron chi connectivity index (χ3n) is 3.04. The van der Waals surface area contributed by atoms with E-state index in [1.807, 2.05) is 6.07 Å². The first-order valence-electron chi connectivity index (χ1n) is 6.38. The summed E-state index contributed by atoms with van der Waals surface area (Å²) in [6.45, 7) is 1.99. The molecule has 2 aromatic carbocycles. The van der Waals surface area contributed by atoms with E-state index in [4.69, 9.17) is 11.0 Å². The van der Waals surface area contributed by atoms with Crippen LogP contribution in [0, 0.1) is 11.3 Å². The average Bonchev–Trinajstić information content (AvgIpc) is 2.49. The third-order valence-corrected chi connectivity index (χ3v) is 5.00. The van der Waals surface area contributed by atoms with Gasteiger partial charge >= 0.3 is 0 Å². The van der Waals surface area contributed by atoms with E-state index in [2.05, 4.69) is 0 Å². The monoisotopic (exact) mass is 301 g/mol. The van der Waals surface area contributed by atoms with Gasteiger partial charge in [0, 0.05) is 12.2 Å². The number of nitriles is 1. The van der Waals surface area contributed by atoms with Gasteiger partial charge in [0.25, 0.3) is 10.0 Å². The summed E-state index contributed by atoms with van der Waals surface area (Å²) < 4.78 is 26.8. The van der Waals surface area contributed by atoms with Crippen molar-refractivity contribution in [2.45, 2.75) is 11.8 Å². The molecule has 0 saturated carbocycles. The molecule has 0 aliphatic rings. The lowest BCUT2D eigenvalue weighted by Gasteiger charge is -2.23. The molecule has 0 aliphatic carbocycles. The van der Waals surface area contributed by atoms with Crippen molar-refractivity contribution < 1.29 is 8.42 Å².